The summed E-state index contributed by atoms with van der Waals surface area (Å²) in [6, 6.07) is 14.9. The first kappa shape index (κ1) is 22.0. The van der Waals surface area contributed by atoms with Crippen LogP contribution in [-0.2, 0) is 20.6 Å². The molecular formula is C25H33ClN4O. The normalized spacial score (nSPS) is 19.9. The van der Waals surface area contributed by atoms with E-state index in [0.717, 1.165) is 47.8 Å². The Morgan fingerprint density at radius 2 is 1.87 bits per heavy atom. The second-order valence-corrected chi connectivity index (χ2v) is 9.83. The number of hydrogen-bond acceptors (Lipinski definition) is 3. The molecule has 6 heteroatoms. The first-order valence-electron chi connectivity index (χ1n) is 11.2. The maximum Gasteiger partial charge on any atom is 0.328 e. The van der Waals surface area contributed by atoms with Gasteiger partial charge in [0.25, 0.3) is 0 Å². The molecule has 2 heterocycles. The molecule has 0 unspecified atom stereocenters. The van der Waals surface area contributed by atoms with Crippen LogP contribution in [0.5, 0.6) is 0 Å². The zero-order valence-corrected chi connectivity index (χ0v) is 19.7. The molecule has 1 N–H and O–H groups in total. The van der Waals surface area contributed by atoms with Gasteiger partial charge in [-0.15, -0.1) is 0 Å². The predicted octanol–water partition coefficient (Wildman–Crippen LogP) is 4.88. The van der Waals surface area contributed by atoms with E-state index in [-0.39, 0.29) is 5.69 Å². The molecule has 1 aliphatic heterocycles. The van der Waals surface area contributed by atoms with Crippen molar-refractivity contribution in [2.45, 2.75) is 39.3 Å². The first-order chi connectivity index (χ1) is 14.8. The molecule has 1 aromatic heterocycles. The molecule has 1 fully saturated rings. The Kier molecular flexibility index (Phi) is 6.44. The van der Waals surface area contributed by atoms with E-state index in [1.807, 2.05) is 32.3 Å². The highest BCUT2D eigenvalue weighted by atomic mass is 35.5. The summed E-state index contributed by atoms with van der Waals surface area (Å²) >= 11 is 6.19. The van der Waals surface area contributed by atoms with Crippen molar-refractivity contribution < 1.29 is 0 Å². The summed E-state index contributed by atoms with van der Waals surface area (Å²) in [5.74, 6) is 1.24. The number of nitrogens with one attached hydrogen (secondary N) is 1. The van der Waals surface area contributed by atoms with Gasteiger partial charge in [-0.1, -0.05) is 37.6 Å². The van der Waals surface area contributed by atoms with Crippen molar-refractivity contribution in [1.82, 2.24) is 14.0 Å². The van der Waals surface area contributed by atoms with Crippen LogP contribution in [0.4, 0.5) is 5.69 Å². The topological polar surface area (TPSA) is 42.2 Å². The Bertz CT molecular complexity index is 1120. The van der Waals surface area contributed by atoms with Crippen LogP contribution in [0.2, 0.25) is 5.02 Å². The first-order valence-corrected chi connectivity index (χ1v) is 11.6. The number of benzene rings is 2. The van der Waals surface area contributed by atoms with E-state index >= 15 is 0 Å². The molecule has 0 spiro atoms. The van der Waals surface area contributed by atoms with Gasteiger partial charge in [0.05, 0.1) is 11.0 Å². The van der Waals surface area contributed by atoms with Crippen LogP contribution in [0, 0.1) is 11.8 Å². The monoisotopic (exact) mass is 440 g/mol. The number of fused-ring (bicyclic) bond motifs is 1. The number of rotatable bonds is 6. The van der Waals surface area contributed by atoms with Gasteiger partial charge in [0.2, 0.25) is 0 Å². The van der Waals surface area contributed by atoms with Crippen molar-refractivity contribution in [3.8, 4) is 0 Å². The van der Waals surface area contributed by atoms with Crippen LogP contribution in [-0.4, -0.2) is 33.2 Å². The van der Waals surface area contributed by atoms with Gasteiger partial charge in [0.1, 0.15) is 0 Å². The van der Waals surface area contributed by atoms with E-state index in [0.29, 0.717) is 17.9 Å². The van der Waals surface area contributed by atoms with Gasteiger partial charge in [-0.25, -0.2) is 4.79 Å². The Labute approximate surface area is 189 Å². The largest absolute Gasteiger partial charge is 0.382 e. The fourth-order valence-corrected chi connectivity index (χ4v) is 5.18. The molecule has 3 aromatic rings. The minimum Gasteiger partial charge on any atom is -0.382 e. The lowest BCUT2D eigenvalue weighted by molar-refractivity contribution is 0.141. The second kappa shape index (κ2) is 9.09. The van der Waals surface area contributed by atoms with Gasteiger partial charge in [-0.3, -0.25) is 14.0 Å². The van der Waals surface area contributed by atoms with Crippen molar-refractivity contribution >= 4 is 28.3 Å². The van der Waals surface area contributed by atoms with Crippen molar-refractivity contribution in [2.24, 2.45) is 25.9 Å². The molecule has 166 valence electrons. The van der Waals surface area contributed by atoms with E-state index in [9.17, 15) is 4.79 Å². The molecule has 0 aliphatic carbocycles. The zero-order valence-electron chi connectivity index (χ0n) is 18.9. The summed E-state index contributed by atoms with van der Waals surface area (Å²) in [6.45, 7) is 7.65. The molecule has 0 amide bonds. The predicted molar refractivity (Wildman–Crippen MR) is 130 cm³/mol. The minimum absolute atomic E-state index is 0.0250. The summed E-state index contributed by atoms with van der Waals surface area (Å²) in [5.41, 5.74) is 4.38. The third kappa shape index (κ3) is 4.83. The number of likely N-dealkylation sites (tertiary alicyclic amines) is 1. The van der Waals surface area contributed by atoms with E-state index in [1.165, 1.54) is 12.0 Å². The number of nitrogens with zero attached hydrogens (tertiary/aromatic N) is 3. The average Bonchev–Trinajstić information content (AvgIpc) is 2.93. The molecule has 0 saturated carbocycles. The number of aromatic nitrogens is 2. The van der Waals surface area contributed by atoms with Crippen LogP contribution in [0.25, 0.3) is 11.0 Å². The SMILES string of the molecule is CC(C)C[C@H]1CN(Cc2ccc3c(c2)n(C)c(=O)n3C)CC[C@H]1Nc1cccc(Cl)c1. The molecule has 2 aromatic carbocycles. The Balaban J connectivity index is 1.49. The summed E-state index contributed by atoms with van der Waals surface area (Å²) in [7, 11) is 3.68. The second-order valence-electron chi connectivity index (χ2n) is 9.40. The summed E-state index contributed by atoms with van der Waals surface area (Å²) in [5, 5.41) is 4.52. The molecule has 0 radical (unpaired) electrons. The van der Waals surface area contributed by atoms with Crippen LogP contribution in [0.3, 0.4) is 0 Å². The molecule has 31 heavy (non-hydrogen) atoms. The Morgan fingerprint density at radius 1 is 1.10 bits per heavy atom. The minimum atomic E-state index is 0.0250. The van der Waals surface area contributed by atoms with Gasteiger partial charge in [0, 0.05) is 50.5 Å². The number of piperidine rings is 1. The van der Waals surface area contributed by atoms with Gasteiger partial charge in [-0.2, -0.15) is 0 Å². The van der Waals surface area contributed by atoms with E-state index in [2.05, 4.69) is 48.3 Å². The average molecular weight is 441 g/mol. The zero-order chi connectivity index (χ0) is 22.1. The van der Waals surface area contributed by atoms with Crippen LogP contribution >= 0.6 is 11.6 Å². The van der Waals surface area contributed by atoms with E-state index in [4.69, 9.17) is 11.6 Å². The fourth-order valence-electron chi connectivity index (χ4n) is 4.99. The van der Waals surface area contributed by atoms with Crippen molar-refractivity contribution in [3.63, 3.8) is 0 Å². The van der Waals surface area contributed by atoms with Gasteiger partial charge >= 0.3 is 5.69 Å². The van der Waals surface area contributed by atoms with Crippen molar-refractivity contribution in [3.05, 3.63) is 63.5 Å². The molecule has 2 atom stereocenters. The molecule has 1 aliphatic rings. The van der Waals surface area contributed by atoms with Gasteiger partial charge < -0.3 is 5.32 Å². The summed E-state index contributed by atoms with van der Waals surface area (Å²) in [6.07, 6.45) is 2.30. The smallest absolute Gasteiger partial charge is 0.328 e. The Hall–Kier alpha value is -2.24. The molecule has 0 bridgehead atoms. The lowest BCUT2D eigenvalue weighted by Gasteiger charge is -2.40. The number of halogens is 1. The van der Waals surface area contributed by atoms with Crippen LogP contribution < -0.4 is 11.0 Å². The molecular weight excluding hydrogens is 408 g/mol. The lowest BCUT2D eigenvalue weighted by atomic mass is 9.85. The number of aryl methyl sites for hydroxylation is 2. The van der Waals surface area contributed by atoms with E-state index < -0.39 is 0 Å². The lowest BCUT2D eigenvalue weighted by Crippen LogP contribution is -2.46. The summed E-state index contributed by atoms with van der Waals surface area (Å²) in [4.78, 5) is 14.8. The highest BCUT2D eigenvalue weighted by Gasteiger charge is 2.30. The maximum absolute atomic E-state index is 12.2. The third-order valence-corrected chi connectivity index (χ3v) is 6.75. The Morgan fingerprint density at radius 3 is 2.61 bits per heavy atom. The molecule has 1 saturated heterocycles. The van der Waals surface area contributed by atoms with Crippen LogP contribution in [0.1, 0.15) is 32.3 Å². The summed E-state index contributed by atoms with van der Waals surface area (Å²) < 4.78 is 3.45. The van der Waals surface area contributed by atoms with Gasteiger partial charge in [-0.05, 0) is 60.6 Å². The molecule has 5 nitrogen and oxygen atoms in total. The number of hydrogen-bond donors (Lipinski definition) is 1. The molecule has 4 rings (SSSR count). The van der Waals surface area contributed by atoms with Gasteiger partial charge in [0.15, 0.2) is 0 Å². The van der Waals surface area contributed by atoms with Crippen molar-refractivity contribution in [1.29, 1.82) is 0 Å². The highest BCUT2D eigenvalue weighted by Crippen LogP contribution is 2.29. The maximum atomic E-state index is 12.2. The quantitative estimate of drug-likeness (QED) is 0.594. The number of imidazole rings is 1. The van der Waals surface area contributed by atoms with Crippen molar-refractivity contribution in [2.75, 3.05) is 18.4 Å². The standard InChI is InChI=1S/C25H33ClN4O/c1-17(2)12-19-16-30(11-10-22(19)27-21-7-5-6-20(26)14-21)15-18-8-9-23-24(13-18)29(4)25(31)28(23)3/h5-9,13-14,17,19,22,27H,10-12,15-16H2,1-4H3/t19-,22+/m0/s1. The number of anilines is 1. The van der Waals surface area contributed by atoms with Crippen LogP contribution in [0.15, 0.2) is 47.3 Å². The fraction of sp³-hybridized carbons (Fsp3) is 0.480. The highest BCUT2D eigenvalue weighted by molar-refractivity contribution is 6.30. The van der Waals surface area contributed by atoms with E-state index in [1.54, 1.807) is 9.13 Å². The third-order valence-electron chi connectivity index (χ3n) is 6.51.